The highest BCUT2D eigenvalue weighted by Gasteiger charge is 2.30. The van der Waals surface area contributed by atoms with E-state index in [1.165, 1.54) is 21.3 Å². The second-order valence-electron chi connectivity index (χ2n) is 7.76. The first-order valence-electron chi connectivity index (χ1n) is 10.5. The number of carbonyl (C=O) groups is 2. The zero-order chi connectivity index (χ0) is 22.7. The van der Waals surface area contributed by atoms with E-state index >= 15 is 0 Å². The second kappa shape index (κ2) is 9.21. The average molecular weight is 437 g/mol. The molecule has 0 radical (unpaired) electrons. The summed E-state index contributed by atoms with van der Waals surface area (Å²) in [6.07, 6.45) is 1.48. The van der Waals surface area contributed by atoms with Crippen LogP contribution < -0.4 is 19.5 Å². The highest BCUT2D eigenvalue weighted by Crippen LogP contribution is 2.40. The van der Waals surface area contributed by atoms with Crippen LogP contribution in [0.25, 0.3) is 10.9 Å². The van der Waals surface area contributed by atoms with Gasteiger partial charge in [-0.25, -0.2) is 0 Å². The number of ether oxygens (including phenoxy) is 3. The van der Waals surface area contributed by atoms with E-state index in [9.17, 15) is 9.59 Å². The van der Waals surface area contributed by atoms with Crippen LogP contribution in [-0.4, -0.2) is 56.1 Å². The number of fused-ring (bicyclic) bond motifs is 1. The summed E-state index contributed by atoms with van der Waals surface area (Å²) in [5, 5.41) is 3.92. The van der Waals surface area contributed by atoms with Crippen LogP contribution in [0.5, 0.6) is 17.2 Å². The summed E-state index contributed by atoms with van der Waals surface area (Å²) in [5.74, 6) is 0.833. The van der Waals surface area contributed by atoms with Gasteiger partial charge in [0.2, 0.25) is 11.7 Å². The molecule has 3 aromatic rings. The van der Waals surface area contributed by atoms with Crippen LogP contribution in [0.15, 0.2) is 42.5 Å². The molecule has 0 aliphatic carbocycles. The van der Waals surface area contributed by atoms with Crippen molar-refractivity contribution < 1.29 is 23.8 Å². The molecule has 4 rings (SSSR count). The predicted molar refractivity (Wildman–Crippen MR) is 122 cm³/mol. The summed E-state index contributed by atoms with van der Waals surface area (Å²) >= 11 is 0. The maximum atomic E-state index is 13.0. The molecule has 2 heterocycles. The topological polar surface area (TPSA) is 92.9 Å². The monoisotopic (exact) mass is 437 g/mol. The van der Waals surface area contributed by atoms with E-state index < -0.39 is 0 Å². The fourth-order valence-corrected chi connectivity index (χ4v) is 4.13. The number of H-pyrrole nitrogens is 1. The largest absolute Gasteiger partial charge is 0.493 e. The van der Waals surface area contributed by atoms with Gasteiger partial charge in [0, 0.05) is 41.8 Å². The number of para-hydroxylation sites is 1. The maximum Gasteiger partial charge on any atom is 0.270 e. The minimum atomic E-state index is -0.309. The van der Waals surface area contributed by atoms with Crippen molar-refractivity contribution in [3.8, 4) is 17.2 Å². The van der Waals surface area contributed by atoms with E-state index in [2.05, 4.69) is 10.3 Å². The zero-order valence-corrected chi connectivity index (χ0v) is 18.4. The van der Waals surface area contributed by atoms with Crippen LogP contribution in [0.3, 0.4) is 0 Å². The van der Waals surface area contributed by atoms with Gasteiger partial charge in [0.15, 0.2) is 11.5 Å². The molecule has 1 unspecified atom stereocenters. The molecule has 0 spiro atoms. The van der Waals surface area contributed by atoms with Crippen molar-refractivity contribution in [3.63, 3.8) is 0 Å². The number of hydrogen-bond donors (Lipinski definition) is 2. The van der Waals surface area contributed by atoms with Crippen LogP contribution in [0.2, 0.25) is 0 Å². The Kier molecular flexibility index (Phi) is 6.20. The van der Waals surface area contributed by atoms with E-state index in [1.807, 2.05) is 30.3 Å². The van der Waals surface area contributed by atoms with Gasteiger partial charge >= 0.3 is 0 Å². The van der Waals surface area contributed by atoms with Gasteiger partial charge in [-0.3, -0.25) is 9.59 Å². The molecule has 0 saturated carbocycles. The molecule has 1 fully saturated rings. The predicted octanol–water partition coefficient (Wildman–Crippen LogP) is 3.68. The highest BCUT2D eigenvalue weighted by atomic mass is 16.5. The number of piperidine rings is 1. The van der Waals surface area contributed by atoms with Crippen molar-refractivity contribution >= 4 is 28.4 Å². The van der Waals surface area contributed by atoms with Crippen molar-refractivity contribution in [2.24, 2.45) is 5.92 Å². The molecular formula is C24H27N3O5. The van der Waals surface area contributed by atoms with E-state index in [1.54, 1.807) is 17.0 Å². The third-order valence-electron chi connectivity index (χ3n) is 5.77. The Hall–Kier alpha value is -3.68. The molecule has 2 amide bonds. The fraction of sp³-hybridized carbons (Fsp3) is 0.333. The number of carbonyl (C=O) groups excluding carboxylic acids is 2. The third-order valence-corrected chi connectivity index (χ3v) is 5.77. The first-order valence-corrected chi connectivity index (χ1v) is 10.5. The fourth-order valence-electron chi connectivity index (χ4n) is 4.13. The van der Waals surface area contributed by atoms with Gasteiger partial charge in [0.25, 0.3) is 5.91 Å². The lowest BCUT2D eigenvalue weighted by Crippen LogP contribution is -2.43. The Morgan fingerprint density at radius 2 is 1.75 bits per heavy atom. The number of hydrogen-bond acceptors (Lipinski definition) is 5. The van der Waals surface area contributed by atoms with Crippen LogP contribution in [-0.2, 0) is 4.79 Å². The Bertz CT molecular complexity index is 1080. The molecule has 8 nitrogen and oxygen atoms in total. The van der Waals surface area contributed by atoms with Gasteiger partial charge in [0.1, 0.15) is 5.69 Å². The summed E-state index contributed by atoms with van der Waals surface area (Å²) < 4.78 is 16.0. The third kappa shape index (κ3) is 4.21. The SMILES string of the molecule is COc1cc(NC(=O)C2CCCN(C(=O)c3cc4ccccc4[nH]3)C2)cc(OC)c1OC. The number of methoxy groups -OCH3 is 3. The summed E-state index contributed by atoms with van der Waals surface area (Å²) in [6.45, 7) is 0.993. The minimum absolute atomic E-state index is 0.0912. The van der Waals surface area contributed by atoms with Crippen LogP contribution in [0.4, 0.5) is 5.69 Å². The van der Waals surface area contributed by atoms with Gasteiger partial charge in [-0.15, -0.1) is 0 Å². The number of aromatic nitrogens is 1. The standard InChI is InChI=1S/C24H27N3O5/c1-30-20-12-17(13-21(31-2)22(20)32-3)25-23(28)16-8-6-10-27(14-16)24(29)19-11-15-7-4-5-9-18(15)26-19/h4-5,7,9,11-13,16,26H,6,8,10,14H2,1-3H3,(H,25,28). The Labute approximate surface area is 186 Å². The maximum absolute atomic E-state index is 13.0. The lowest BCUT2D eigenvalue weighted by atomic mass is 9.96. The van der Waals surface area contributed by atoms with Crippen LogP contribution in [0, 0.1) is 5.92 Å². The molecular weight excluding hydrogens is 410 g/mol. The number of likely N-dealkylation sites (tertiary alicyclic amines) is 1. The Morgan fingerprint density at radius 3 is 2.41 bits per heavy atom. The van der Waals surface area contributed by atoms with E-state index in [0.717, 1.165) is 17.3 Å². The quantitative estimate of drug-likeness (QED) is 0.614. The van der Waals surface area contributed by atoms with Crippen LogP contribution in [0.1, 0.15) is 23.3 Å². The second-order valence-corrected chi connectivity index (χ2v) is 7.76. The first-order chi connectivity index (χ1) is 15.5. The van der Waals surface area contributed by atoms with Gasteiger partial charge in [-0.1, -0.05) is 18.2 Å². The number of aromatic amines is 1. The molecule has 1 saturated heterocycles. The van der Waals surface area contributed by atoms with E-state index in [0.29, 0.717) is 48.1 Å². The zero-order valence-electron chi connectivity index (χ0n) is 18.4. The lowest BCUT2D eigenvalue weighted by molar-refractivity contribution is -0.121. The number of nitrogens with zero attached hydrogens (tertiary/aromatic N) is 1. The molecule has 32 heavy (non-hydrogen) atoms. The average Bonchev–Trinajstić information content (AvgIpc) is 3.27. The highest BCUT2D eigenvalue weighted by molar-refractivity contribution is 5.99. The normalized spacial score (nSPS) is 16.0. The number of benzene rings is 2. The summed E-state index contributed by atoms with van der Waals surface area (Å²) in [5.41, 5.74) is 2.00. The molecule has 2 aromatic carbocycles. The molecule has 1 aliphatic heterocycles. The Balaban J connectivity index is 1.47. The number of nitrogens with one attached hydrogen (secondary N) is 2. The van der Waals surface area contributed by atoms with Crippen LogP contribution >= 0.6 is 0 Å². The molecule has 1 aromatic heterocycles. The molecule has 8 heteroatoms. The van der Waals surface area contributed by atoms with Gasteiger partial charge < -0.3 is 29.4 Å². The van der Waals surface area contributed by atoms with Crippen molar-refractivity contribution in [2.75, 3.05) is 39.7 Å². The molecule has 2 N–H and O–H groups in total. The van der Waals surface area contributed by atoms with Gasteiger partial charge in [-0.05, 0) is 25.0 Å². The molecule has 1 atom stereocenters. The summed E-state index contributed by atoms with van der Waals surface area (Å²) in [4.78, 5) is 31.0. The van der Waals surface area contributed by atoms with Crippen molar-refractivity contribution in [3.05, 3.63) is 48.2 Å². The van der Waals surface area contributed by atoms with Crippen molar-refractivity contribution in [1.29, 1.82) is 0 Å². The summed E-state index contributed by atoms with van der Waals surface area (Å²) in [7, 11) is 4.58. The minimum Gasteiger partial charge on any atom is -0.493 e. The van der Waals surface area contributed by atoms with E-state index in [4.69, 9.17) is 14.2 Å². The van der Waals surface area contributed by atoms with E-state index in [-0.39, 0.29) is 17.7 Å². The smallest absolute Gasteiger partial charge is 0.270 e. The number of rotatable bonds is 6. The molecule has 168 valence electrons. The number of anilines is 1. The first kappa shape index (κ1) is 21.5. The Morgan fingerprint density at radius 1 is 1.03 bits per heavy atom. The van der Waals surface area contributed by atoms with Crippen molar-refractivity contribution in [1.82, 2.24) is 9.88 Å². The summed E-state index contributed by atoms with van der Waals surface area (Å²) in [6, 6.07) is 13.0. The van der Waals surface area contributed by atoms with Crippen molar-refractivity contribution in [2.45, 2.75) is 12.8 Å². The molecule has 1 aliphatic rings. The van der Waals surface area contributed by atoms with Gasteiger partial charge in [-0.2, -0.15) is 0 Å². The lowest BCUT2D eigenvalue weighted by Gasteiger charge is -2.31. The molecule has 0 bridgehead atoms. The van der Waals surface area contributed by atoms with Gasteiger partial charge in [0.05, 0.1) is 27.2 Å². The number of amides is 2.